The molecule has 1 aromatic heterocycles. The zero-order chi connectivity index (χ0) is 9.68. The van der Waals surface area contributed by atoms with E-state index >= 15 is 0 Å². The number of thiophene rings is 1. The van der Waals surface area contributed by atoms with E-state index in [1.54, 1.807) is 11.3 Å². The second kappa shape index (κ2) is 5.00. The number of rotatable bonds is 4. The molecule has 2 nitrogen and oxygen atoms in total. The first-order valence-corrected chi connectivity index (χ1v) is 5.35. The van der Waals surface area contributed by atoms with Crippen LogP contribution >= 0.6 is 11.3 Å². The molecule has 2 N–H and O–H groups in total. The van der Waals surface area contributed by atoms with Gasteiger partial charge >= 0.3 is 0 Å². The van der Waals surface area contributed by atoms with Crippen molar-refractivity contribution in [3.8, 4) is 6.07 Å². The lowest BCUT2D eigenvalue weighted by Gasteiger charge is -2.06. The Labute approximate surface area is 83.0 Å². The van der Waals surface area contributed by atoms with Gasteiger partial charge in [-0.25, -0.2) is 0 Å². The predicted octanol–water partition coefficient (Wildman–Crippen LogP) is 2.61. The van der Waals surface area contributed by atoms with Crippen molar-refractivity contribution < 1.29 is 0 Å². The summed E-state index contributed by atoms with van der Waals surface area (Å²) in [6, 6.07) is 4.33. The number of hydrogen-bond donors (Lipinski definition) is 1. The minimum atomic E-state index is 0.147. The van der Waals surface area contributed by atoms with Crippen LogP contribution in [0.1, 0.15) is 36.2 Å². The molecule has 1 rings (SSSR count). The Balaban J connectivity index is 2.63. The highest BCUT2D eigenvalue weighted by atomic mass is 32.1. The van der Waals surface area contributed by atoms with Crippen LogP contribution in [-0.4, -0.2) is 0 Å². The van der Waals surface area contributed by atoms with Crippen LogP contribution in [0.5, 0.6) is 0 Å². The number of nitriles is 1. The Morgan fingerprint density at radius 3 is 3.08 bits per heavy atom. The first-order chi connectivity index (χ1) is 6.27. The van der Waals surface area contributed by atoms with E-state index in [2.05, 4.69) is 18.4 Å². The maximum Gasteiger partial charge on any atom is 0.0695 e. The molecule has 1 atom stereocenters. The van der Waals surface area contributed by atoms with E-state index in [0.29, 0.717) is 6.42 Å². The first-order valence-electron chi connectivity index (χ1n) is 4.47. The molecule has 0 bridgehead atoms. The summed E-state index contributed by atoms with van der Waals surface area (Å²) >= 11 is 1.63. The van der Waals surface area contributed by atoms with E-state index in [-0.39, 0.29) is 6.04 Å². The highest BCUT2D eigenvalue weighted by Crippen LogP contribution is 2.22. The third-order valence-electron chi connectivity index (χ3n) is 1.96. The SMILES string of the molecule is CCC[C@@H](N)c1csc(CC#N)c1. The lowest BCUT2D eigenvalue weighted by molar-refractivity contribution is 0.640. The van der Waals surface area contributed by atoms with E-state index in [1.165, 1.54) is 5.56 Å². The molecule has 3 heteroatoms. The van der Waals surface area contributed by atoms with Crippen LogP contribution in [0, 0.1) is 11.3 Å². The van der Waals surface area contributed by atoms with E-state index in [9.17, 15) is 0 Å². The fourth-order valence-electron chi connectivity index (χ4n) is 1.24. The van der Waals surface area contributed by atoms with Crippen LogP contribution in [-0.2, 0) is 6.42 Å². The molecule has 1 heterocycles. The van der Waals surface area contributed by atoms with Gasteiger partial charge in [0, 0.05) is 10.9 Å². The van der Waals surface area contributed by atoms with Gasteiger partial charge in [-0.3, -0.25) is 0 Å². The average Bonchev–Trinajstić information content (AvgIpc) is 2.54. The molecule has 0 aliphatic rings. The number of nitrogens with two attached hydrogens (primary N) is 1. The predicted molar refractivity (Wildman–Crippen MR) is 55.5 cm³/mol. The van der Waals surface area contributed by atoms with Gasteiger partial charge in [0.25, 0.3) is 0 Å². The van der Waals surface area contributed by atoms with Gasteiger partial charge in [-0.05, 0) is 23.4 Å². The molecule has 0 saturated carbocycles. The van der Waals surface area contributed by atoms with Gasteiger partial charge in [-0.15, -0.1) is 11.3 Å². The van der Waals surface area contributed by atoms with Gasteiger partial charge in [-0.2, -0.15) is 5.26 Å². The smallest absolute Gasteiger partial charge is 0.0695 e. The Hall–Kier alpha value is -0.850. The summed E-state index contributed by atoms with van der Waals surface area (Å²) < 4.78 is 0. The van der Waals surface area contributed by atoms with Crippen molar-refractivity contribution in [2.24, 2.45) is 5.73 Å². The summed E-state index contributed by atoms with van der Waals surface area (Å²) in [5, 5.41) is 10.6. The highest BCUT2D eigenvalue weighted by molar-refractivity contribution is 7.10. The quantitative estimate of drug-likeness (QED) is 0.801. The van der Waals surface area contributed by atoms with Gasteiger partial charge < -0.3 is 5.73 Å². The second-order valence-electron chi connectivity index (χ2n) is 3.08. The van der Waals surface area contributed by atoms with Gasteiger partial charge in [-0.1, -0.05) is 13.3 Å². The molecule has 0 aliphatic heterocycles. The molecule has 0 aliphatic carbocycles. The third-order valence-corrected chi connectivity index (χ3v) is 2.91. The van der Waals surface area contributed by atoms with Crippen LogP contribution in [0.25, 0.3) is 0 Å². The summed E-state index contributed by atoms with van der Waals surface area (Å²) in [7, 11) is 0. The van der Waals surface area contributed by atoms with Crippen LogP contribution in [0.4, 0.5) is 0 Å². The standard InChI is InChI=1S/C10H14N2S/c1-2-3-10(12)8-6-9(4-5-11)13-7-8/h6-7,10H,2-4,12H2,1H3/t10-/m1/s1. The molecule has 1 aromatic rings. The van der Waals surface area contributed by atoms with E-state index in [4.69, 9.17) is 11.0 Å². The number of hydrogen-bond acceptors (Lipinski definition) is 3. The maximum absolute atomic E-state index is 8.50. The van der Waals surface area contributed by atoms with Crippen LogP contribution < -0.4 is 5.73 Å². The monoisotopic (exact) mass is 194 g/mol. The van der Waals surface area contributed by atoms with Crippen LogP contribution in [0.15, 0.2) is 11.4 Å². The largest absolute Gasteiger partial charge is 0.324 e. The Morgan fingerprint density at radius 1 is 1.69 bits per heavy atom. The second-order valence-corrected chi connectivity index (χ2v) is 4.07. The topological polar surface area (TPSA) is 49.8 Å². The van der Waals surface area contributed by atoms with E-state index in [0.717, 1.165) is 17.7 Å². The molecule has 0 amide bonds. The summed E-state index contributed by atoms with van der Waals surface area (Å²) in [6.45, 7) is 2.13. The van der Waals surface area contributed by atoms with Gasteiger partial charge in [0.2, 0.25) is 0 Å². The van der Waals surface area contributed by atoms with Crippen molar-refractivity contribution >= 4 is 11.3 Å². The van der Waals surface area contributed by atoms with Crippen LogP contribution in [0.2, 0.25) is 0 Å². The fourth-order valence-corrected chi connectivity index (χ4v) is 2.12. The van der Waals surface area contributed by atoms with Crippen molar-refractivity contribution in [1.29, 1.82) is 5.26 Å². The summed E-state index contributed by atoms with van der Waals surface area (Å²) in [4.78, 5) is 1.11. The minimum Gasteiger partial charge on any atom is -0.324 e. The zero-order valence-electron chi connectivity index (χ0n) is 7.79. The van der Waals surface area contributed by atoms with E-state index in [1.807, 2.05) is 6.07 Å². The molecular weight excluding hydrogens is 180 g/mol. The fraction of sp³-hybridized carbons (Fsp3) is 0.500. The molecule has 13 heavy (non-hydrogen) atoms. The molecular formula is C10H14N2S. The molecule has 0 unspecified atom stereocenters. The van der Waals surface area contributed by atoms with Crippen molar-refractivity contribution in [3.05, 3.63) is 21.9 Å². The first kappa shape index (κ1) is 10.2. The Bertz CT molecular complexity index is 298. The Morgan fingerprint density at radius 2 is 2.46 bits per heavy atom. The zero-order valence-corrected chi connectivity index (χ0v) is 8.60. The lowest BCUT2D eigenvalue weighted by Crippen LogP contribution is -2.08. The molecule has 0 aromatic carbocycles. The van der Waals surface area contributed by atoms with Crippen LogP contribution in [0.3, 0.4) is 0 Å². The summed E-state index contributed by atoms with van der Waals surface area (Å²) in [5.41, 5.74) is 7.12. The molecule has 0 spiro atoms. The third kappa shape index (κ3) is 2.83. The Kier molecular flexibility index (Phi) is 3.94. The average molecular weight is 194 g/mol. The number of nitrogens with zero attached hydrogens (tertiary/aromatic N) is 1. The normalized spacial score (nSPS) is 12.4. The molecule has 0 fully saturated rings. The molecule has 70 valence electrons. The lowest BCUT2D eigenvalue weighted by atomic mass is 10.1. The van der Waals surface area contributed by atoms with Crippen molar-refractivity contribution in [2.75, 3.05) is 0 Å². The van der Waals surface area contributed by atoms with Crippen molar-refractivity contribution in [1.82, 2.24) is 0 Å². The molecule has 0 saturated heterocycles. The maximum atomic E-state index is 8.50. The van der Waals surface area contributed by atoms with Gasteiger partial charge in [0.15, 0.2) is 0 Å². The van der Waals surface area contributed by atoms with Gasteiger partial charge in [0.05, 0.1) is 12.5 Å². The van der Waals surface area contributed by atoms with Crippen molar-refractivity contribution in [3.63, 3.8) is 0 Å². The summed E-state index contributed by atoms with van der Waals surface area (Å²) in [6.07, 6.45) is 2.62. The van der Waals surface area contributed by atoms with Gasteiger partial charge in [0.1, 0.15) is 0 Å². The highest BCUT2D eigenvalue weighted by Gasteiger charge is 2.06. The minimum absolute atomic E-state index is 0.147. The van der Waals surface area contributed by atoms with E-state index < -0.39 is 0 Å². The summed E-state index contributed by atoms with van der Waals surface area (Å²) in [5.74, 6) is 0. The van der Waals surface area contributed by atoms with Crippen molar-refractivity contribution in [2.45, 2.75) is 32.2 Å². The molecule has 0 radical (unpaired) electrons.